The van der Waals surface area contributed by atoms with Crippen molar-refractivity contribution in [1.29, 1.82) is 0 Å². The summed E-state index contributed by atoms with van der Waals surface area (Å²) in [7, 11) is 0. The van der Waals surface area contributed by atoms with Gasteiger partial charge in [-0.1, -0.05) is 26.7 Å². The number of hydrogen-bond acceptors (Lipinski definition) is 2. The molecular weight excluding hydrogens is 128 g/mol. The Morgan fingerprint density at radius 1 is 1.50 bits per heavy atom. The van der Waals surface area contributed by atoms with Gasteiger partial charge in [-0.15, -0.1) is 0 Å². The summed E-state index contributed by atoms with van der Waals surface area (Å²) < 4.78 is 5.11. The second-order valence-electron chi connectivity index (χ2n) is 2.95. The van der Waals surface area contributed by atoms with Gasteiger partial charge in [0.25, 0.3) is 0 Å². The van der Waals surface area contributed by atoms with Gasteiger partial charge >= 0.3 is 0 Å². The molecule has 2 unspecified atom stereocenters. The molecule has 0 aromatic rings. The van der Waals surface area contributed by atoms with Gasteiger partial charge in [-0.25, -0.2) is 0 Å². The number of rotatable bonds is 4. The Hall–Kier alpha value is -0.0800. The molecule has 0 aromatic heterocycles. The lowest BCUT2D eigenvalue weighted by Crippen LogP contribution is -2.11. The molecule has 1 rings (SSSR count). The topological polar surface area (TPSA) is 32.8 Å². The van der Waals surface area contributed by atoms with E-state index in [9.17, 15) is 5.11 Å². The van der Waals surface area contributed by atoms with Crippen molar-refractivity contribution < 1.29 is 9.84 Å². The third-order valence-electron chi connectivity index (χ3n) is 2.12. The van der Waals surface area contributed by atoms with Crippen molar-refractivity contribution in [1.82, 2.24) is 0 Å². The average molecular weight is 144 g/mol. The van der Waals surface area contributed by atoms with Gasteiger partial charge in [-0.05, 0) is 6.42 Å². The smallest absolute Gasteiger partial charge is 0.192 e. The summed E-state index contributed by atoms with van der Waals surface area (Å²) in [5, 5.41) is 9.40. The Labute approximate surface area is 62.2 Å². The first kappa shape index (κ1) is 8.02. The van der Waals surface area contributed by atoms with E-state index >= 15 is 0 Å². The molecule has 1 N–H and O–H groups in total. The van der Waals surface area contributed by atoms with Crippen LogP contribution in [0.5, 0.6) is 0 Å². The summed E-state index contributed by atoms with van der Waals surface area (Å²) in [5.41, 5.74) is 0. The van der Waals surface area contributed by atoms with Crippen LogP contribution in [0.1, 0.15) is 39.5 Å². The maximum absolute atomic E-state index is 9.40. The van der Waals surface area contributed by atoms with Crippen molar-refractivity contribution in [3.63, 3.8) is 0 Å². The monoisotopic (exact) mass is 144 g/mol. The van der Waals surface area contributed by atoms with Gasteiger partial charge in [-0.3, -0.25) is 0 Å². The van der Waals surface area contributed by atoms with E-state index in [1.807, 2.05) is 6.92 Å². The fourth-order valence-corrected chi connectivity index (χ4v) is 1.20. The largest absolute Gasteiger partial charge is 0.363 e. The van der Waals surface area contributed by atoms with Crippen LogP contribution in [0.3, 0.4) is 0 Å². The number of hydrogen-bond donors (Lipinski definition) is 1. The number of epoxide rings is 1. The van der Waals surface area contributed by atoms with Gasteiger partial charge in [0, 0.05) is 6.42 Å². The highest BCUT2D eigenvalue weighted by Gasteiger charge is 2.52. The molecule has 2 heteroatoms. The Morgan fingerprint density at radius 2 is 2.20 bits per heavy atom. The molecular formula is C8H16O2. The van der Waals surface area contributed by atoms with E-state index in [1.165, 1.54) is 6.42 Å². The summed E-state index contributed by atoms with van der Waals surface area (Å²) in [4.78, 5) is 0. The molecule has 10 heavy (non-hydrogen) atoms. The highest BCUT2D eigenvalue weighted by molar-refractivity contribution is 4.91. The van der Waals surface area contributed by atoms with Crippen LogP contribution in [-0.2, 0) is 4.74 Å². The average Bonchev–Trinajstić information content (AvgIpc) is 2.59. The maximum atomic E-state index is 9.40. The maximum Gasteiger partial charge on any atom is 0.192 e. The molecule has 1 fully saturated rings. The van der Waals surface area contributed by atoms with Crippen molar-refractivity contribution in [2.24, 2.45) is 0 Å². The lowest BCUT2D eigenvalue weighted by molar-refractivity contribution is 0.0332. The molecule has 0 amide bonds. The van der Waals surface area contributed by atoms with Crippen molar-refractivity contribution in [3.05, 3.63) is 0 Å². The zero-order valence-electron chi connectivity index (χ0n) is 6.76. The molecule has 2 atom stereocenters. The van der Waals surface area contributed by atoms with Gasteiger partial charge in [-0.2, -0.15) is 0 Å². The minimum Gasteiger partial charge on any atom is -0.363 e. The zero-order valence-corrected chi connectivity index (χ0v) is 6.76. The molecule has 0 saturated carbocycles. The SMILES string of the molecule is CCCCC1OC1(O)CC. The summed E-state index contributed by atoms with van der Waals surface area (Å²) in [6.07, 6.45) is 4.21. The van der Waals surface area contributed by atoms with E-state index in [1.54, 1.807) is 0 Å². The van der Waals surface area contributed by atoms with E-state index in [2.05, 4.69) is 6.92 Å². The second kappa shape index (κ2) is 2.89. The molecule has 60 valence electrons. The van der Waals surface area contributed by atoms with Crippen molar-refractivity contribution in [2.45, 2.75) is 51.4 Å². The summed E-state index contributed by atoms with van der Waals surface area (Å²) in [6.45, 7) is 4.10. The Bertz CT molecular complexity index is 114. The fourth-order valence-electron chi connectivity index (χ4n) is 1.20. The van der Waals surface area contributed by atoms with Crippen LogP contribution in [0, 0.1) is 0 Å². The highest BCUT2D eigenvalue weighted by atomic mass is 16.7. The molecule has 0 bridgehead atoms. The van der Waals surface area contributed by atoms with Gasteiger partial charge in [0.2, 0.25) is 0 Å². The van der Waals surface area contributed by atoms with E-state index in [0.717, 1.165) is 19.3 Å². The number of ether oxygens (including phenoxy) is 1. The molecule has 0 aliphatic carbocycles. The molecule has 1 heterocycles. The highest BCUT2D eigenvalue weighted by Crippen LogP contribution is 2.39. The van der Waals surface area contributed by atoms with Crippen LogP contribution in [0.4, 0.5) is 0 Å². The first-order valence-electron chi connectivity index (χ1n) is 4.13. The van der Waals surface area contributed by atoms with E-state index < -0.39 is 5.79 Å². The fraction of sp³-hybridized carbons (Fsp3) is 1.00. The van der Waals surface area contributed by atoms with Gasteiger partial charge < -0.3 is 9.84 Å². The Balaban J connectivity index is 2.12. The lowest BCUT2D eigenvalue weighted by atomic mass is 10.1. The third-order valence-corrected chi connectivity index (χ3v) is 2.12. The minimum atomic E-state index is -0.741. The van der Waals surface area contributed by atoms with Gasteiger partial charge in [0.05, 0.1) is 0 Å². The van der Waals surface area contributed by atoms with E-state index in [4.69, 9.17) is 4.74 Å². The molecule has 2 nitrogen and oxygen atoms in total. The van der Waals surface area contributed by atoms with Crippen molar-refractivity contribution >= 4 is 0 Å². The molecule has 1 aliphatic rings. The van der Waals surface area contributed by atoms with Crippen molar-refractivity contribution in [3.8, 4) is 0 Å². The molecule has 0 radical (unpaired) electrons. The normalized spacial score (nSPS) is 38.1. The van der Waals surface area contributed by atoms with Crippen LogP contribution in [0.2, 0.25) is 0 Å². The first-order valence-corrected chi connectivity index (χ1v) is 4.13. The second-order valence-corrected chi connectivity index (χ2v) is 2.95. The summed E-state index contributed by atoms with van der Waals surface area (Å²) in [6, 6.07) is 0. The predicted octanol–water partition coefficient (Wildman–Crippen LogP) is 1.67. The van der Waals surface area contributed by atoms with E-state index in [-0.39, 0.29) is 6.10 Å². The van der Waals surface area contributed by atoms with Crippen LogP contribution in [0.15, 0.2) is 0 Å². The number of aliphatic hydroxyl groups is 1. The molecule has 0 aromatic carbocycles. The molecule has 0 spiro atoms. The third kappa shape index (κ3) is 1.50. The zero-order chi connectivity index (χ0) is 7.61. The van der Waals surface area contributed by atoms with E-state index in [0.29, 0.717) is 0 Å². The summed E-state index contributed by atoms with van der Waals surface area (Å²) in [5.74, 6) is -0.741. The molecule has 1 saturated heterocycles. The number of unbranched alkanes of at least 4 members (excludes halogenated alkanes) is 1. The predicted molar refractivity (Wildman–Crippen MR) is 39.6 cm³/mol. The van der Waals surface area contributed by atoms with Crippen LogP contribution in [0.25, 0.3) is 0 Å². The van der Waals surface area contributed by atoms with Crippen LogP contribution in [-0.4, -0.2) is 17.0 Å². The lowest BCUT2D eigenvalue weighted by Gasteiger charge is -1.98. The Morgan fingerprint density at radius 3 is 2.60 bits per heavy atom. The van der Waals surface area contributed by atoms with Crippen LogP contribution >= 0.6 is 0 Å². The van der Waals surface area contributed by atoms with Crippen LogP contribution < -0.4 is 0 Å². The van der Waals surface area contributed by atoms with Gasteiger partial charge in [0.1, 0.15) is 6.10 Å². The Kier molecular flexibility index (Phi) is 2.32. The molecule has 1 aliphatic heterocycles. The minimum absolute atomic E-state index is 0.137. The standard InChI is InChI=1S/C8H16O2/c1-3-5-6-7-8(9,4-2)10-7/h7,9H,3-6H2,1-2H3. The first-order chi connectivity index (χ1) is 4.73. The summed E-state index contributed by atoms with van der Waals surface area (Å²) >= 11 is 0. The van der Waals surface area contributed by atoms with Gasteiger partial charge in [0.15, 0.2) is 5.79 Å². The quantitative estimate of drug-likeness (QED) is 0.609. The van der Waals surface area contributed by atoms with Crippen molar-refractivity contribution in [2.75, 3.05) is 0 Å².